The van der Waals surface area contributed by atoms with E-state index in [1.165, 1.54) is 27.3 Å². The van der Waals surface area contributed by atoms with Gasteiger partial charge >= 0.3 is 0 Å². The number of halogens is 2. The molecule has 108 valence electrons. The molecule has 0 spiro atoms. The van der Waals surface area contributed by atoms with Gasteiger partial charge in [0.05, 0.1) is 11.4 Å². The largest absolute Gasteiger partial charge is 0.397 e. The second-order valence-corrected chi connectivity index (χ2v) is 5.10. The summed E-state index contributed by atoms with van der Waals surface area (Å²) in [5, 5.41) is 4.90. The zero-order valence-electron chi connectivity index (χ0n) is 11.3. The van der Waals surface area contributed by atoms with Crippen LogP contribution in [0.25, 0.3) is 27.6 Å². The van der Waals surface area contributed by atoms with Gasteiger partial charge in [-0.2, -0.15) is 0 Å². The third kappa shape index (κ3) is 2.21. The van der Waals surface area contributed by atoms with Crippen molar-refractivity contribution in [1.82, 2.24) is 0 Å². The van der Waals surface area contributed by atoms with E-state index in [9.17, 15) is 0 Å². The number of nitrogen functional groups attached to an aromatic ring is 2. The maximum atomic E-state index is 5.95. The van der Waals surface area contributed by atoms with Crippen LogP contribution in [0.15, 0.2) is 42.5 Å². The third-order valence-corrected chi connectivity index (χ3v) is 3.99. The van der Waals surface area contributed by atoms with Crippen molar-refractivity contribution in [3.05, 3.63) is 53.6 Å². The molecule has 0 bridgehead atoms. The fourth-order valence-electron chi connectivity index (χ4n) is 2.99. The topological polar surface area (TPSA) is 52.0 Å². The molecule has 0 unspecified atom stereocenters. The Morgan fingerprint density at radius 1 is 0.762 bits per heavy atom. The lowest BCUT2D eigenvalue weighted by Gasteiger charge is -2.10. The van der Waals surface area contributed by atoms with Crippen LogP contribution in [0.5, 0.6) is 0 Å². The molecule has 3 aromatic carbocycles. The van der Waals surface area contributed by atoms with E-state index in [1.54, 1.807) is 0 Å². The Morgan fingerprint density at radius 3 is 2.29 bits per heavy atom. The van der Waals surface area contributed by atoms with Gasteiger partial charge in [0.25, 0.3) is 0 Å². The van der Waals surface area contributed by atoms with Crippen LogP contribution in [0.2, 0.25) is 0 Å². The maximum absolute atomic E-state index is 5.95. The van der Waals surface area contributed by atoms with Crippen LogP contribution in [-0.2, 0) is 6.42 Å². The molecule has 4 heteroatoms. The zero-order valence-corrected chi connectivity index (χ0v) is 12.9. The molecule has 4 rings (SSSR count). The molecule has 4 N–H and O–H groups in total. The van der Waals surface area contributed by atoms with Crippen molar-refractivity contribution in [2.45, 2.75) is 6.42 Å². The summed E-state index contributed by atoms with van der Waals surface area (Å²) in [6, 6.07) is 12.6. The molecule has 1 aliphatic rings. The van der Waals surface area contributed by atoms with Crippen LogP contribution in [0, 0.1) is 0 Å². The van der Waals surface area contributed by atoms with E-state index in [1.807, 2.05) is 12.1 Å². The smallest absolute Gasteiger partial charge is 0.0554 e. The normalized spacial score (nSPS) is 12.0. The van der Waals surface area contributed by atoms with Gasteiger partial charge in [0.2, 0.25) is 0 Å². The Morgan fingerprint density at radius 2 is 1.48 bits per heavy atom. The van der Waals surface area contributed by atoms with Crippen LogP contribution in [-0.4, -0.2) is 0 Å². The van der Waals surface area contributed by atoms with Gasteiger partial charge in [0, 0.05) is 0 Å². The van der Waals surface area contributed by atoms with Gasteiger partial charge < -0.3 is 11.5 Å². The van der Waals surface area contributed by atoms with Crippen LogP contribution < -0.4 is 11.5 Å². The minimum absolute atomic E-state index is 0. The van der Waals surface area contributed by atoms with Crippen molar-refractivity contribution < 1.29 is 0 Å². The highest BCUT2D eigenvalue weighted by atomic mass is 35.5. The van der Waals surface area contributed by atoms with Gasteiger partial charge in [0.1, 0.15) is 0 Å². The summed E-state index contributed by atoms with van der Waals surface area (Å²) >= 11 is 0. The minimum Gasteiger partial charge on any atom is -0.397 e. The summed E-state index contributed by atoms with van der Waals surface area (Å²) in [5.74, 6) is 0. The average Bonchev–Trinajstić information content (AvgIpc) is 2.88. The number of allylic oxidation sites excluding steroid dienone is 1. The molecule has 2 nitrogen and oxygen atoms in total. The van der Waals surface area contributed by atoms with Crippen molar-refractivity contribution in [3.63, 3.8) is 0 Å². The first-order valence-corrected chi connectivity index (χ1v) is 6.44. The Hall–Kier alpha value is -1.90. The Labute approximate surface area is 135 Å². The molecule has 0 saturated carbocycles. The standard InChI is InChI=1S/C17H14N2.2ClH/c18-16-8-11-5-7-13-12-3-1-2-10(12)4-6-14(13)15(11)9-17(16)19;;/h1-2,4-9H,3,18-19H2;2*1H. The fourth-order valence-corrected chi connectivity index (χ4v) is 2.99. The molecule has 0 aromatic heterocycles. The number of hydrogen-bond donors (Lipinski definition) is 2. The third-order valence-electron chi connectivity index (χ3n) is 3.99. The van der Waals surface area contributed by atoms with Gasteiger partial charge in [-0.25, -0.2) is 0 Å². The van der Waals surface area contributed by atoms with Gasteiger partial charge in [-0.3, -0.25) is 0 Å². The summed E-state index contributed by atoms with van der Waals surface area (Å²) in [5.41, 5.74) is 15.9. The molecular weight excluding hydrogens is 303 g/mol. The molecular formula is C17H16Cl2N2. The summed E-state index contributed by atoms with van der Waals surface area (Å²) in [6.45, 7) is 0. The van der Waals surface area contributed by atoms with Gasteiger partial charge in [-0.05, 0) is 51.2 Å². The second-order valence-electron chi connectivity index (χ2n) is 5.10. The summed E-state index contributed by atoms with van der Waals surface area (Å²) in [6.07, 6.45) is 5.42. The van der Waals surface area contributed by atoms with Gasteiger partial charge in [0.15, 0.2) is 0 Å². The molecule has 1 aliphatic carbocycles. The van der Waals surface area contributed by atoms with Gasteiger partial charge in [-0.1, -0.05) is 36.4 Å². The maximum Gasteiger partial charge on any atom is 0.0554 e. The number of benzene rings is 3. The molecule has 0 atom stereocenters. The molecule has 0 heterocycles. The molecule has 0 amide bonds. The lowest BCUT2D eigenvalue weighted by molar-refractivity contribution is 1.35. The average molecular weight is 319 g/mol. The Kier molecular flexibility index (Phi) is 4.04. The number of fused-ring (bicyclic) bond motifs is 5. The molecule has 0 radical (unpaired) electrons. The summed E-state index contributed by atoms with van der Waals surface area (Å²) in [7, 11) is 0. The van der Waals surface area contributed by atoms with E-state index in [-0.39, 0.29) is 24.8 Å². The highest BCUT2D eigenvalue weighted by Gasteiger charge is 2.11. The second kappa shape index (κ2) is 5.47. The van der Waals surface area contributed by atoms with Crippen molar-refractivity contribution in [2.75, 3.05) is 11.5 Å². The highest BCUT2D eigenvalue weighted by Crippen LogP contribution is 2.35. The van der Waals surface area contributed by atoms with Crippen LogP contribution in [0.3, 0.4) is 0 Å². The molecule has 0 aliphatic heterocycles. The van der Waals surface area contributed by atoms with Crippen molar-refractivity contribution >= 4 is 63.8 Å². The van der Waals surface area contributed by atoms with E-state index in [4.69, 9.17) is 11.5 Å². The first kappa shape index (κ1) is 15.5. The Bertz CT molecular complexity index is 870. The van der Waals surface area contributed by atoms with Crippen molar-refractivity contribution in [3.8, 4) is 0 Å². The van der Waals surface area contributed by atoms with E-state index in [2.05, 4.69) is 36.4 Å². The monoisotopic (exact) mass is 318 g/mol. The SMILES string of the molecule is Cl.Cl.Nc1cc2ccc3c4c(ccc3c2cc1N)C=CC4. The molecule has 21 heavy (non-hydrogen) atoms. The summed E-state index contributed by atoms with van der Waals surface area (Å²) < 4.78 is 0. The number of hydrogen-bond acceptors (Lipinski definition) is 2. The van der Waals surface area contributed by atoms with Gasteiger partial charge in [-0.15, -0.1) is 24.8 Å². The highest BCUT2D eigenvalue weighted by molar-refractivity contribution is 6.11. The first-order valence-electron chi connectivity index (χ1n) is 6.44. The fraction of sp³-hybridized carbons (Fsp3) is 0.0588. The van der Waals surface area contributed by atoms with E-state index < -0.39 is 0 Å². The number of anilines is 2. The van der Waals surface area contributed by atoms with Crippen LogP contribution >= 0.6 is 24.8 Å². The summed E-state index contributed by atoms with van der Waals surface area (Å²) in [4.78, 5) is 0. The molecule has 0 fully saturated rings. The number of nitrogens with two attached hydrogens (primary N) is 2. The Balaban J connectivity index is 0.000000807. The van der Waals surface area contributed by atoms with E-state index in [0.717, 1.165) is 11.8 Å². The quantitative estimate of drug-likeness (QED) is 0.471. The number of rotatable bonds is 0. The predicted molar refractivity (Wildman–Crippen MR) is 97.5 cm³/mol. The van der Waals surface area contributed by atoms with E-state index >= 15 is 0 Å². The molecule has 0 saturated heterocycles. The van der Waals surface area contributed by atoms with Crippen LogP contribution in [0.4, 0.5) is 11.4 Å². The lowest BCUT2D eigenvalue weighted by atomic mass is 9.95. The molecule has 3 aromatic rings. The lowest BCUT2D eigenvalue weighted by Crippen LogP contribution is -1.94. The van der Waals surface area contributed by atoms with Crippen LogP contribution in [0.1, 0.15) is 11.1 Å². The minimum atomic E-state index is 0. The van der Waals surface area contributed by atoms with E-state index in [0.29, 0.717) is 11.4 Å². The predicted octanol–water partition coefficient (Wildman–Crippen LogP) is 4.57. The zero-order chi connectivity index (χ0) is 13.0. The van der Waals surface area contributed by atoms with Crippen molar-refractivity contribution in [1.29, 1.82) is 0 Å². The first-order chi connectivity index (χ1) is 9.24. The van der Waals surface area contributed by atoms with Crippen molar-refractivity contribution in [2.24, 2.45) is 0 Å².